The molecule has 0 fully saturated rings. The van der Waals surface area contributed by atoms with Crippen molar-refractivity contribution >= 4 is 11.6 Å². The number of fused-ring (bicyclic) bond motifs is 1. The van der Waals surface area contributed by atoms with Crippen molar-refractivity contribution in [2.75, 3.05) is 0 Å². The molecule has 0 saturated heterocycles. The first-order valence-electron chi connectivity index (χ1n) is 3.46. The molecule has 1 aromatic carbocycles. The summed E-state index contributed by atoms with van der Waals surface area (Å²) in [5.41, 5.74) is 2.72. The van der Waals surface area contributed by atoms with Crippen LogP contribution < -0.4 is 0 Å². The summed E-state index contributed by atoms with van der Waals surface area (Å²) in [4.78, 5) is 0. The van der Waals surface area contributed by atoms with Crippen LogP contribution in [0.4, 0.5) is 0 Å². The van der Waals surface area contributed by atoms with E-state index in [1.807, 2.05) is 12.1 Å². The van der Waals surface area contributed by atoms with Gasteiger partial charge >= 0.3 is 0 Å². The van der Waals surface area contributed by atoms with E-state index < -0.39 is 0 Å². The van der Waals surface area contributed by atoms with Gasteiger partial charge in [0, 0.05) is 5.02 Å². The summed E-state index contributed by atoms with van der Waals surface area (Å²) in [6, 6.07) is 6.12. The van der Waals surface area contributed by atoms with Crippen molar-refractivity contribution in [1.82, 2.24) is 0 Å². The molecule has 0 bridgehead atoms. The number of benzene rings is 1. The maximum Gasteiger partial charge on any atom is 0.0440 e. The van der Waals surface area contributed by atoms with Crippen LogP contribution in [0.5, 0.6) is 0 Å². The lowest BCUT2D eigenvalue weighted by Crippen LogP contribution is -1.80. The molecule has 1 aliphatic carbocycles. The maximum atomic E-state index is 5.95. The molecular formula is C9H8Cl. The van der Waals surface area contributed by atoms with Crippen molar-refractivity contribution in [2.24, 2.45) is 0 Å². The Hall–Kier alpha value is -0.490. The van der Waals surface area contributed by atoms with Gasteiger partial charge < -0.3 is 0 Å². The van der Waals surface area contributed by atoms with Crippen molar-refractivity contribution in [2.45, 2.75) is 12.8 Å². The van der Waals surface area contributed by atoms with Crippen LogP contribution in [0.25, 0.3) is 0 Å². The van der Waals surface area contributed by atoms with Gasteiger partial charge in [-0.1, -0.05) is 23.7 Å². The Balaban J connectivity index is 2.59. The highest BCUT2D eigenvalue weighted by Crippen LogP contribution is 2.27. The van der Waals surface area contributed by atoms with E-state index in [1.165, 1.54) is 11.1 Å². The minimum Gasteiger partial charge on any atom is -0.0840 e. The van der Waals surface area contributed by atoms with Crippen LogP contribution in [0.2, 0.25) is 5.02 Å². The van der Waals surface area contributed by atoms with Crippen molar-refractivity contribution in [3.63, 3.8) is 0 Å². The summed E-state index contributed by atoms with van der Waals surface area (Å²) in [7, 11) is 0. The summed E-state index contributed by atoms with van der Waals surface area (Å²) < 4.78 is 0. The topological polar surface area (TPSA) is 0 Å². The van der Waals surface area contributed by atoms with Crippen LogP contribution in [0.15, 0.2) is 18.2 Å². The molecule has 2 rings (SSSR count). The van der Waals surface area contributed by atoms with Crippen LogP contribution in [0, 0.1) is 6.42 Å². The lowest BCUT2D eigenvalue weighted by atomic mass is 10.1. The molecule has 51 valence electrons. The summed E-state index contributed by atoms with van der Waals surface area (Å²) in [6.45, 7) is 0. The van der Waals surface area contributed by atoms with Gasteiger partial charge in [0.2, 0.25) is 0 Å². The molecular weight excluding hydrogens is 144 g/mol. The third kappa shape index (κ3) is 0.836. The van der Waals surface area contributed by atoms with Gasteiger partial charge in [-0.15, -0.1) is 0 Å². The molecule has 0 unspecified atom stereocenters. The van der Waals surface area contributed by atoms with Gasteiger partial charge in [0.1, 0.15) is 0 Å². The summed E-state index contributed by atoms with van der Waals surface area (Å²) in [5.74, 6) is 0. The molecule has 0 saturated carbocycles. The Morgan fingerprint density at radius 2 is 2.10 bits per heavy atom. The first-order valence-corrected chi connectivity index (χ1v) is 3.83. The first kappa shape index (κ1) is 6.23. The van der Waals surface area contributed by atoms with Gasteiger partial charge in [-0.25, -0.2) is 0 Å². The zero-order valence-corrected chi connectivity index (χ0v) is 6.36. The average molecular weight is 152 g/mol. The molecule has 0 amide bonds. The SMILES string of the molecule is Clc1cccc2c1C[CH]C2. The number of hydrogen-bond donors (Lipinski definition) is 0. The highest BCUT2D eigenvalue weighted by atomic mass is 35.5. The standard InChI is InChI=1S/C9H8Cl/c10-9-6-2-4-7-3-1-5-8(7)9/h1-2,4,6H,3,5H2. The quantitative estimate of drug-likeness (QED) is 0.535. The molecule has 0 aliphatic heterocycles. The van der Waals surface area contributed by atoms with Crippen LogP contribution in [-0.4, -0.2) is 0 Å². The zero-order chi connectivity index (χ0) is 6.97. The molecule has 0 nitrogen and oxygen atoms in total. The smallest absolute Gasteiger partial charge is 0.0440 e. The van der Waals surface area contributed by atoms with Gasteiger partial charge in [0.25, 0.3) is 0 Å². The van der Waals surface area contributed by atoms with E-state index in [1.54, 1.807) is 0 Å². The second kappa shape index (κ2) is 2.28. The Bertz CT molecular complexity index is 253. The van der Waals surface area contributed by atoms with Gasteiger partial charge in [-0.05, 0) is 36.5 Å². The van der Waals surface area contributed by atoms with E-state index in [-0.39, 0.29) is 0 Å². The van der Waals surface area contributed by atoms with Gasteiger partial charge in [-0.3, -0.25) is 0 Å². The lowest BCUT2D eigenvalue weighted by Gasteiger charge is -1.98. The minimum atomic E-state index is 0.922. The van der Waals surface area contributed by atoms with Gasteiger partial charge in [-0.2, -0.15) is 0 Å². The third-order valence-corrected chi connectivity index (χ3v) is 2.28. The van der Waals surface area contributed by atoms with Crippen molar-refractivity contribution < 1.29 is 0 Å². The molecule has 0 aromatic heterocycles. The van der Waals surface area contributed by atoms with Gasteiger partial charge in [0.15, 0.2) is 0 Å². The van der Waals surface area contributed by atoms with E-state index in [2.05, 4.69) is 12.5 Å². The third-order valence-electron chi connectivity index (χ3n) is 1.93. The number of halogens is 1. The summed E-state index contributed by atoms with van der Waals surface area (Å²) in [6.07, 6.45) is 4.40. The highest BCUT2D eigenvalue weighted by molar-refractivity contribution is 6.31. The monoisotopic (exact) mass is 151 g/mol. The molecule has 10 heavy (non-hydrogen) atoms. The molecule has 1 heteroatoms. The number of rotatable bonds is 0. The maximum absolute atomic E-state index is 5.95. The predicted octanol–water partition coefficient (Wildman–Crippen LogP) is 2.64. The predicted molar refractivity (Wildman–Crippen MR) is 43.2 cm³/mol. The van der Waals surface area contributed by atoms with E-state index in [9.17, 15) is 0 Å². The van der Waals surface area contributed by atoms with E-state index in [4.69, 9.17) is 11.6 Å². The van der Waals surface area contributed by atoms with Crippen LogP contribution in [0.3, 0.4) is 0 Å². The van der Waals surface area contributed by atoms with Crippen LogP contribution >= 0.6 is 11.6 Å². The van der Waals surface area contributed by atoms with E-state index in [0.717, 1.165) is 17.9 Å². The van der Waals surface area contributed by atoms with Crippen molar-refractivity contribution in [1.29, 1.82) is 0 Å². The fraction of sp³-hybridized carbons (Fsp3) is 0.222. The molecule has 0 spiro atoms. The van der Waals surface area contributed by atoms with E-state index in [0.29, 0.717) is 0 Å². The fourth-order valence-electron chi connectivity index (χ4n) is 1.40. The second-order valence-corrected chi connectivity index (χ2v) is 2.98. The molecule has 0 N–H and O–H groups in total. The first-order chi connectivity index (χ1) is 4.88. The van der Waals surface area contributed by atoms with Gasteiger partial charge in [0.05, 0.1) is 0 Å². The second-order valence-electron chi connectivity index (χ2n) is 2.57. The molecule has 1 radical (unpaired) electrons. The Morgan fingerprint density at radius 3 is 2.90 bits per heavy atom. The Kier molecular flexibility index (Phi) is 1.42. The Morgan fingerprint density at radius 1 is 1.20 bits per heavy atom. The number of hydrogen-bond acceptors (Lipinski definition) is 0. The van der Waals surface area contributed by atoms with Crippen LogP contribution in [0.1, 0.15) is 11.1 Å². The lowest BCUT2D eigenvalue weighted by molar-refractivity contribution is 1.17. The van der Waals surface area contributed by atoms with Crippen molar-refractivity contribution in [3.8, 4) is 0 Å². The molecule has 0 heterocycles. The largest absolute Gasteiger partial charge is 0.0840 e. The van der Waals surface area contributed by atoms with Crippen molar-refractivity contribution in [3.05, 3.63) is 40.8 Å². The molecule has 0 atom stereocenters. The highest BCUT2D eigenvalue weighted by Gasteiger charge is 2.12. The summed E-state index contributed by atoms with van der Waals surface area (Å²) in [5, 5.41) is 0.922. The fourth-order valence-corrected chi connectivity index (χ4v) is 1.67. The van der Waals surface area contributed by atoms with Crippen LogP contribution in [-0.2, 0) is 12.8 Å². The normalized spacial score (nSPS) is 15.3. The molecule has 1 aromatic rings. The Labute approximate surface area is 65.8 Å². The summed E-state index contributed by atoms with van der Waals surface area (Å²) >= 11 is 5.95. The molecule has 1 aliphatic rings. The zero-order valence-electron chi connectivity index (χ0n) is 5.60. The minimum absolute atomic E-state index is 0.922. The van der Waals surface area contributed by atoms with E-state index >= 15 is 0 Å². The average Bonchev–Trinajstić information content (AvgIpc) is 2.36.